The second-order valence-corrected chi connectivity index (χ2v) is 5.93. The molecule has 0 aliphatic rings. The second kappa shape index (κ2) is 7.94. The Morgan fingerprint density at radius 1 is 1.16 bits per heavy atom. The van der Waals surface area contributed by atoms with Crippen molar-refractivity contribution in [2.45, 2.75) is 6.61 Å². The van der Waals surface area contributed by atoms with Gasteiger partial charge in [0.15, 0.2) is 12.4 Å². The van der Waals surface area contributed by atoms with Crippen LogP contribution in [0.15, 0.2) is 63.6 Å². The van der Waals surface area contributed by atoms with Gasteiger partial charge in [-0.2, -0.15) is 0 Å². The summed E-state index contributed by atoms with van der Waals surface area (Å²) in [5, 5.41) is 3.86. The van der Waals surface area contributed by atoms with Crippen LogP contribution in [-0.2, 0) is 16.1 Å². The molecule has 0 saturated heterocycles. The normalized spacial score (nSPS) is 10.5. The maximum absolute atomic E-state index is 13.0. The van der Waals surface area contributed by atoms with Gasteiger partial charge in [-0.25, -0.2) is 9.18 Å². The van der Waals surface area contributed by atoms with Crippen molar-refractivity contribution < 1.29 is 23.2 Å². The van der Waals surface area contributed by atoms with Gasteiger partial charge in [-0.1, -0.05) is 35.5 Å². The largest absolute Gasteiger partial charge is 0.481 e. The van der Waals surface area contributed by atoms with Gasteiger partial charge in [0.1, 0.15) is 23.9 Å². The number of carbonyl (C=O) groups is 1. The molecule has 1 aromatic heterocycles. The van der Waals surface area contributed by atoms with Gasteiger partial charge in [0.25, 0.3) is 0 Å². The number of hydrogen-bond acceptors (Lipinski definition) is 5. The van der Waals surface area contributed by atoms with Crippen molar-refractivity contribution in [1.29, 1.82) is 0 Å². The summed E-state index contributed by atoms with van der Waals surface area (Å²) < 4.78 is 29.0. The van der Waals surface area contributed by atoms with Crippen LogP contribution in [0.2, 0.25) is 0 Å². The molecule has 0 fully saturated rings. The monoisotopic (exact) mass is 405 g/mol. The molecule has 7 heteroatoms. The predicted octanol–water partition coefficient (Wildman–Crippen LogP) is 4.37. The van der Waals surface area contributed by atoms with Gasteiger partial charge in [-0.15, -0.1) is 0 Å². The molecule has 0 spiro atoms. The summed E-state index contributed by atoms with van der Waals surface area (Å²) in [6, 6.07) is 15.1. The standard InChI is InChI=1S/C18H13BrFNO4/c19-15-8-13(20)6-7-16(15)23-11-18(22)24-10-14-9-17(25-21-14)12-4-2-1-3-5-12/h1-9H,10-11H2. The Kier molecular flexibility index (Phi) is 5.45. The van der Waals surface area contributed by atoms with Gasteiger partial charge in [0.2, 0.25) is 0 Å². The molecule has 3 aromatic rings. The summed E-state index contributed by atoms with van der Waals surface area (Å²) in [4.78, 5) is 11.7. The van der Waals surface area contributed by atoms with Crippen molar-refractivity contribution in [2.24, 2.45) is 0 Å². The average molecular weight is 406 g/mol. The summed E-state index contributed by atoms with van der Waals surface area (Å²) in [6.45, 7) is -0.323. The molecular weight excluding hydrogens is 393 g/mol. The first-order valence-corrected chi connectivity index (χ1v) is 8.15. The Bertz CT molecular complexity index is 867. The molecule has 0 unspecified atom stereocenters. The zero-order valence-corrected chi connectivity index (χ0v) is 14.5. The minimum atomic E-state index is -0.569. The fraction of sp³-hybridized carbons (Fsp3) is 0.111. The molecule has 128 valence electrons. The zero-order valence-electron chi connectivity index (χ0n) is 12.9. The summed E-state index contributed by atoms with van der Waals surface area (Å²) in [5.41, 5.74) is 1.38. The first-order chi connectivity index (χ1) is 12.1. The molecule has 0 amide bonds. The lowest BCUT2D eigenvalue weighted by Crippen LogP contribution is -2.15. The van der Waals surface area contributed by atoms with E-state index in [1.165, 1.54) is 18.2 Å². The number of benzene rings is 2. The van der Waals surface area contributed by atoms with E-state index in [1.54, 1.807) is 6.07 Å². The highest BCUT2D eigenvalue weighted by Crippen LogP contribution is 2.25. The number of aromatic nitrogens is 1. The number of halogens is 2. The Balaban J connectivity index is 1.50. The second-order valence-electron chi connectivity index (χ2n) is 5.07. The molecule has 0 aliphatic carbocycles. The molecule has 1 heterocycles. The van der Waals surface area contributed by atoms with Gasteiger partial charge in [-0.3, -0.25) is 0 Å². The third-order valence-corrected chi connectivity index (χ3v) is 3.86. The topological polar surface area (TPSA) is 61.6 Å². The number of rotatable bonds is 6. The van der Waals surface area contributed by atoms with Crippen LogP contribution >= 0.6 is 15.9 Å². The van der Waals surface area contributed by atoms with E-state index in [2.05, 4.69) is 21.1 Å². The fourth-order valence-corrected chi connectivity index (χ4v) is 2.51. The molecule has 2 aromatic carbocycles. The van der Waals surface area contributed by atoms with E-state index in [0.29, 0.717) is 21.7 Å². The molecule has 5 nitrogen and oxygen atoms in total. The maximum atomic E-state index is 13.0. The Morgan fingerprint density at radius 2 is 1.96 bits per heavy atom. The van der Waals surface area contributed by atoms with E-state index < -0.39 is 11.8 Å². The van der Waals surface area contributed by atoms with Crippen LogP contribution in [0.5, 0.6) is 5.75 Å². The SMILES string of the molecule is O=C(COc1ccc(F)cc1Br)OCc1cc(-c2ccccc2)on1. The maximum Gasteiger partial charge on any atom is 0.344 e. The molecule has 0 bridgehead atoms. The summed E-state index contributed by atoms with van der Waals surface area (Å²) in [5.74, 6) is -0.0215. The highest BCUT2D eigenvalue weighted by Gasteiger charge is 2.11. The first kappa shape index (κ1) is 17.2. The molecule has 0 atom stereocenters. The third kappa shape index (κ3) is 4.67. The van der Waals surface area contributed by atoms with Crippen molar-refractivity contribution >= 4 is 21.9 Å². The number of carbonyl (C=O) groups excluding carboxylic acids is 1. The zero-order chi connectivity index (χ0) is 17.6. The van der Waals surface area contributed by atoms with Gasteiger partial charge < -0.3 is 14.0 Å². The molecule has 25 heavy (non-hydrogen) atoms. The first-order valence-electron chi connectivity index (χ1n) is 7.36. The Labute approximate surface area is 151 Å². The quantitative estimate of drug-likeness (QED) is 0.570. The molecule has 0 aliphatic heterocycles. The van der Waals surface area contributed by atoms with Crippen molar-refractivity contribution in [1.82, 2.24) is 5.16 Å². The van der Waals surface area contributed by atoms with Gasteiger partial charge >= 0.3 is 5.97 Å². The predicted molar refractivity (Wildman–Crippen MR) is 91.3 cm³/mol. The van der Waals surface area contributed by atoms with E-state index >= 15 is 0 Å². The number of hydrogen-bond donors (Lipinski definition) is 0. The molecule has 0 saturated carbocycles. The van der Waals surface area contributed by atoms with E-state index in [9.17, 15) is 9.18 Å². The van der Waals surface area contributed by atoms with E-state index in [0.717, 1.165) is 5.56 Å². The van der Waals surface area contributed by atoms with Crippen LogP contribution < -0.4 is 4.74 Å². The lowest BCUT2D eigenvalue weighted by molar-refractivity contribution is -0.147. The van der Waals surface area contributed by atoms with Gasteiger partial charge in [0, 0.05) is 11.6 Å². The molecular formula is C18H13BrFNO4. The smallest absolute Gasteiger partial charge is 0.344 e. The van der Waals surface area contributed by atoms with Crippen LogP contribution in [-0.4, -0.2) is 17.7 Å². The van der Waals surface area contributed by atoms with Crippen LogP contribution in [0.4, 0.5) is 4.39 Å². The average Bonchev–Trinajstić information content (AvgIpc) is 3.09. The Hall–Kier alpha value is -2.67. The van der Waals surface area contributed by atoms with Gasteiger partial charge in [-0.05, 0) is 34.1 Å². The number of esters is 1. The van der Waals surface area contributed by atoms with Crippen molar-refractivity contribution in [3.8, 4) is 17.1 Å². The summed E-state index contributed by atoms with van der Waals surface area (Å²) in [6.07, 6.45) is 0. The summed E-state index contributed by atoms with van der Waals surface area (Å²) in [7, 11) is 0. The van der Waals surface area contributed by atoms with Crippen LogP contribution in [0.1, 0.15) is 5.69 Å². The van der Waals surface area contributed by atoms with Crippen molar-refractivity contribution in [2.75, 3.05) is 6.61 Å². The highest BCUT2D eigenvalue weighted by molar-refractivity contribution is 9.10. The number of ether oxygens (including phenoxy) is 2. The number of nitrogens with zero attached hydrogens (tertiary/aromatic N) is 1. The lowest BCUT2D eigenvalue weighted by atomic mass is 10.2. The van der Waals surface area contributed by atoms with Crippen LogP contribution in [0.25, 0.3) is 11.3 Å². The Morgan fingerprint density at radius 3 is 2.72 bits per heavy atom. The molecule has 0 radical (unpaired) electrons. The van der Waals surface area contributed by atoms with Crippen LogP contribution in [0.3, 0.4) is 0 Å². The third-order valence-electron chi connectivity index (χ3n) is 3.24. The minimum Gasteiger partial charge on any atom is -0.481 e. The van der Waals surface area contributed by atoms with Crippen molar-refractivity contribution in [3.05, 3.63) is 70.6 Å². The van der Waals surface area contributed by atoms with Crippen LogP contribution in [0, 0.1) is 5.82 Å². The minimum absolute atomic E-state index is 0.0247. The fourth-order valence-electron chi connectivity index (χ4n) is 2.04. The molecule has 0 N–H and O–H groups in total. The van der Waals surface area contributed by atoms with E-state index in [4.69, 9.17) is 14.0 Å². The van der Waals surface area contributed by atoms with Crippen molar-refractivity contribution in [3.63, 3.8) is 0 Å². The highest BCUT2D eigenvalue weighted by atomic mass is 79.9. The molecule has 3 rings (SSSR count). The summed E-state index contributed by atoms with van der Waals surface area (Å²) >= 11 is 3.16. The van der Waals surface area contributed by atoms with Gasteiger partial charge in [0.05, 0.1) is 4.47 Å². The van der Waals surface area contributed by atoms with E-state index in [1.807, 2.05) is 30.3 Å². The van der Waals surface area contributed by atoms with E-state index in [-0.39, 0.29) is 13.2 Å². The lowest BCUT2D eigenvalue weighted by Gasteiger charge is -2.07.